The number of benzene rings is 3. The van der Waals surface area contributed by atoms with Crippen LogP contribution in [0.3, 0.4) is 0 Å². The number of nitrogens with zero attached hydrogens (tertiary/aromatic N) is 6. The number of unbranched alkanes of at least 4 members (excludes halogenated alkanes) is 3. The largest absolute Gasteiger partial charge is 0.507 e. The van der Waals surface area contributed by atoms with E-state index in [0.29, 0.717) is 73.0 Å². The van der Waals surface area contributed by atoms with Crippen molar-refractivity contribution >= 4 is 34.9 Å². The molecule has 3 aromatic carbocycles. The number of aromatic nitrogens is 2. The SMILES string of the molecule is [2H]C1c2c(NCCCCCCC(=O)N3CCN(Cc4ccc(OC5CN(c6cc(-c7ccccc7O)nnc6N)C5)cc4)CC3)cccc2C([2H])([2H])N1C1CCC(=O)NC1=O. The number of phenols is 1. The van der Waals surface area contributed by atoms with E-state index in [-0.39, 0.29) is 36.5 Å². The van der Waals surface area contributed by atoms with Crippen LogP contribution in [0.5, 0.6) is 11.5 Å². The molecule has 0 spiro atoms. The van der Waals surface area contributed by atoms with Gasteiger partial charge >= 0.3 is 0 Å². The van der Waals surface area contributed by atoms with E-state index in [0.717, 1.165) is 56.8 Å². The molecule has 3 amide bonds. The van der Waals surface area contributed by atoms with E-state index in [1.165, 1.54) is 10.5 Å². The van der Waals surface area contributed by atoms with Crippen molar-refractivity contribution in [1.82, 2.24) is 30.2 Å². The molecule has 0 radical (unpaired) electrons. The smallest absolute Gasteiger partial charge is 0.243 e. The topological polar surface area (TPSA) is 169 Å². The summed E-state index contributed by atoms with van der Waals surface area (Å²) >= 11 is 0. The van der Waals surface area contributed by atoms with Gasteiger partial charge in [0, 0.05) is 80.5 Å². The molecular formula is C44H53N9O5. The van der Waals surface area contributed by atoms with Gasteiger partial charge < -0.3 is 30.7 Å². The summed E-state index contributed by atoms with van der Waals surface area (Å²) in [4.78, 5) is 45.0. The first-order valence-corrected chi connectivity index (χ1v) is 20.3. The minimum atomic E-state index is -2.02. The minimum Gasteiger partial charge on any atom is -0.507 e. The molecule has 1 aromatic heterocycles. The van der Waals surface area contributed by atoms with Gasteiger partial charge in [-0.15, -0.1) is 10.2 Å². The fraction of sp³-hybridized carbons (Fsp3) is 0.432. The molecule has 14 nitrogen and oxygen atoms in total. The predicted molar refractivity (Wildman–Crippen MR) is 222 cm³/mol. The van der Waals surface area contributed by atoms with Crippen LogP contribution in [-0.4, -0.2) is 106 Å². The Morgan fingerprint density at radius 3 is 2.55 bits per heavy atom. The summed E-state index contributed by atoms with van der Waals surface area (Å²) in [5, 5.41) is 24.2. The third-order valence-corrected chi connectivity index (χ3v) is 11.3. The van der Waals surface area contributed by atoms with Gasteiger partial charge in [-0.2, -0.15) is 0 Å². The summed E-state index contributed by atoms with van der Waals surface area (Å²) in [6.07, 6.45) is 4.36. The monoisotopic (exact) mass is 790 g/mol. The molecule has 0 bridgehead atoms. The van der Waals surface area contributed by atoms with Gasteiger partial charge in [-0.3, -0.25) is 29.5 Å². The molecule has 4 aromatic rings. The molecular weight excluding hydrogens is 735 g/mol. The van der Waals surface area contributed by atoms with E-state index >= 15 is 0 Å². The summed E-state index contributed by atoms with van der Waals surface area (Å²) in [7, 11) is 0. The molecule has 4 aliphatic rings. The molecule has 3 fully saturated rings. The second-order valence-electron chi connectivity index (χ2n) is 15.4. The van der Waals surface area contributed by atoms with Crippen molar-refractivity contribution in [1.29, 1.82) is 0 Å². The summed E-state index contributed by atoms with van der Waals surface area (Å²) in [6.45, 7) is 2.72. The Morgan fingerprint density at radius 1 is 0.966 bits per heavy atom. The average Bonchev–Trinajstić information content (AvgIpc) is 3.44. The first-order chi connectivity index (χ1) is 29.5. The number of hydrogen-bond acceptors (Lipinski definition) is 12. The lowest BCUT2D eigenvalue weighted by Crippen LogP contribution is -2.54. The van der Waals surface area contributed by atoms with E-state index in [1.54, 1.807) is 30.3 Å². The van der Waals surface area contributed by atoms with Gasteiger partial charge in [0.05, 0.1) is 30.5 Å². The summed E-state index contributed by atoms with van der Waals surface area (Å²) < 4.78 is 32.7. The second-order valence-corrected chi connectivity index (χ2v) is 15.4. The quantitative estimate of drug-likeness (QED) is 0.0983. The molecule has 3 saturated heterocycles. The maximum absolute atomic E-state index is 13.0. The number of piperidine rings is 1. The Bertz CT molecular complexity index is 2230. The van der Waals surface area contributed by atoms with Crippen LogP contribution in [0.25, 0.3) is 11.3 Å². The Hall–Kier alpha value is -5.73. The van der Waals surface area contributed by atoms with Gasteiger partial charge in [0.2, 0.25) is 17.7 Å². The van der Waals surface area contributed by atoms with Crippen LogP contribution in [0.1, 0.15) is 65.7 Å². The highest BCUT2D eigenvalue weighted by molar-refractivity contribution is 6.00. The number of para-hydroxylation sites is 1. The number of carbonyl (C=O) groups excluding carboxylic acids is 3. The van der Waals surface area contributed by atoms with Crippen molar-refractivity contribution in [3.8, 4) is 22.8 Å². The first kappa shape index (κ1) is 35.4. The van der Waals surface area contributed by atoms with Crippen molar-refractivity contribution in [3.63, 3.8) is 0 Å². The van der Waals surface area contributed by atoms with E-state index in [1.807, 2.05) is 35.2 Å². The number of fused-ring (bicyclic) bond motifs is 1. The number of nitrogens with two attached hydrogens (primary N) is 1. The number of anilines is 3. The van der Waals surface area contributed by atoms with Crippen LogP contribution in [0.2, 0.25) is 0 Å². The first-order valence-electron chi connectivity index (χ1n) is 21.9. The summed E-state index contributed by atoms with van der Waals surface area (Å²) in [5.41, 5.74) is 10.8. The number of ether oxygens (including phenoxy) is 1. The normalized spacial score (nSPS) is 21.7. The Labute approximate surface area is 343 Å². The lowest BCUT2D eigenvalue weighted by molar-refractivity contribution is -0.138. The maximum atomic E-state index is 13.0. The van der Waals surface area contributed by atoms with E-state index in [4.69, 9.17) is 14.6 Å². The predicted octanol–water partition coefficient (Wildman–Crippen LogP) is 4.53. The number of nitrogens with one attached hydrogen (secondary N) is 2. The fourth-order valence-corrected chi connectivity index (χ4v) is 7.97. The second kappa shape index (κ2) is 17.8. The molecule has 0 aliphatic carbocycles. The average molecular weight is 791 g/mol. The summed E-state index contributed by atoms with van der Waals surface area (Å²) in [5.74, 6) is 0.549. The summed E-state index contributed by atoms with van der Waals surface area (Å²) in [6, 6.07) is 21.4. The van der Waals surface area contributed by atoms with E-state index < -0.39 is 25.0 Å². The lowest BCUT2D eigenvalue weighted by atomic mass is 10.0. The van der Waals surface area contributed by atoms with Gasteiger partial charge in [0.25, 0.3) is 0 Å². The zero-order valence-electron chi connectivity index (χ0n) is 35.6. The Balaban J connectivity index is 0.707. The van der Waals surface area contributed by atoms with Crippen molar-refractivity contribution < 1.29 is 28.3 Å². The standard InChI is InChI=1S/C44H53N9O5/c45-43-39(24-37(48-49-43)34-9-4-5-11-40(34)54)53-27-33(28-53)58-32-15-13-30(14-16-32)25-50-20-22-51(23-21-50)42(56)12-3-1-2-6-19-46-36-10-7-8-31-26-52(29-35(31)36)38-17-18-41(55)47-44(38)57/h4-5,7-11,13-16,24,33,38,46,54H,1-3,6,12,17-23,25-29H2,(H2,45,49)(H,47,55,57)/i26D2,29D. The van der Waals surface area contributed by atoms with Crippen LogP contribution >= 0.6 is 0 Å². The van der Waals surface area contributed by atoms with Gasteiger partial charge in [0.1, 0.15) is 17.6 Å². The number of phenolic OH excluding ortho intramolecular Hbond substituents is 1. The molecule has 14 heteroatoms. The molecule has 304 valence electrons. The lowest BCUT2D eigenvalue weighted by Gasteiger charge is -2.40. The molecule has 58 heavy (non-hydrogen) atoms. The molecule has 4 aliphatic heterocycles. The molecule has 2 unspecified atom stereocenters. The number of amides is 3. The van der Waals surface area contributed by atoms with Gasteiger partial charge in [-0.1, -0.05) is 49.2 Å². The highest BCUT2D eigenvalue weighted by Gasteiger charge is 2.35. The van der Waals surface area contributed by atoms with Crippen LogP contribution in [0, 0.1) is 0 Å². The van der Waals surface area contributed by atoms with Crippen molar-refractivity contribution in [2.24, 2.45) is 0 Å². The molecule has 8 rings (SSSR count). The fourth-order valence-electron chi connectivity index (χ4n) is 7.97. The number of hydrogen-bond donors (Lipinski definition) is 4. The van der Waals surface area contributed by atoms with E-state index in [9.17, 15) is 19.5 Å². The highest BCUT2D eigenvalue weighted by atomic mass is 16.5. The van der Waals surface area contributed by atoms with Crippen molar-refractivity contribution in [2.75, 3.05) is 61.8 Å². The van der Waals surface area contributed by atoms with Crippen LogP contribution in [0.15, 0.2) is 72.8 Å². The molecule has 0 saturated carbocycles. The molecule has 2 atom stereocenters. The number of piperazine rings is 1. The molecule has 5 N–H and O–H groups in total. The van der Waals surface area contributed by atoms with Crippen LogP contribution in [0.4, 0.5) is 17.2 Å². The number of aromatic hydroxyl groups is 1. The number of imide groups is 1. The van der Waals surface area contributed by atoms with Gasteiger partial charge in [0.15, 0.2) is 5.82 Å². The minimum absolute atomic E-state index is 0.00745. The van der Waals surface area contributed by atoms with Crippen molar-refractivity contribution in [2.45, 2.75) is 76.7 Å². The van der Waals surface area contributed by atoms with Crippen molar-refractivity contribution in [3.05, 3.63) is 89.5 Å². The number of carbonyl (C=O) groups is 3. The van der Waals surface area contributed by atoms with Crippen LogP contribution in [-0.2, 0) is 33.9 Å². The highest BCUT2D eigenvalue weighted by Crippen LogP contribution is 2.35. The third-order valence-electron chi connectivity index (χ3n) is 11.3. The zero-order valence-corrected chi connectivity index (χ0v) is 32.6. The van der Waals surface area contributed by atoms with E-state index in [2.05, 4.69) is 42.8 Å². The zero-order chi connectivity index (χ0) is 42.7. The van der Waals surface area contributed by atoms with Gasteiger partial charge in [-0.25, -0.2) is 0 Å². The van der Waals surface area contributed by atoms with Crippen LogP contribution < -0.4 is 26.0 Å². The third kappa shape index (κ3) is 9.18. The number of rotatable bonds is 15. The Kier molecular flexibility index (Phi) is 10.9. The Morgan fingerprint density at radius 2 is 1.76 bits per heavy atom. The number of nitrogen functional groups attached to an aromatic ring is 1. The molecule has 5 heterocycles. The maximum Gasteiger partial charge on any atom is 0.243 e. The van der Waals surface area contributed by atoms with Gasteiger partial charge in [-0.05, 0) is 72.4 Å².